The van der Waals surface area contributed by atoms with Crippen LogP contribution in [0.5, 0.6) is 0 Å². The van der Waals surface area contributed by atoms with Crippen molar-refractivity contribution >= 4 is 15.9 Å². The summed E-state index contributed by atoms with van der Waals surface area (Å²) in [5, 5.41) is 0. The lowest BCUT2D eigenvalue weighted by Crippen LogP contribution is -2.26. The maximum absolute atomic E-state index is 11.7. The fourth-order valence-electron chi connectivity index (χ4n) is 1.76. The topological polar surface area (TPSA) is 34.9 Å². The predicted molar refractivity (Wildman–Crippen MR) is 63.0 cm³/mol. The summed E-state index contributed by atoms with van der Waals surface area (Å²) < 4.78 is 2.73. The van der Waals surface area contributed by atoms with Gasteiger partial charge in [-0.05, 0) is 42.1 Å². The summed E-state index contributed by atoms with van der Waals surface area (Å²) in [5.41, 5.74) is 1.65. The van der Waals surface area contributed by atoms with Gasteiger partial charge in [0.05, 0.1) is 10.2 Å². The Balaban J connectivity index is 2.28. The van der Waals surface area contributed by atoms with Crippen molar-refractivity contribution in [3.63, 3.8) is 0 Å². The van der Waals surface area contributed by atoms with E-state index < -0.39 is 0 Å². The lowest BCUT2D eigenvalue weighted by Gasteiger charge is -2.11. The lowest BCUT2D eigenvalue weighted by atomic mass is 10.3. The third kappa shape index (κ3) is 2.30. The smallest absolute Gasteiger partial charge is 0.295 e. The zero-order chi connectivity index (χ0) is 11.0. The van der Waals surface area contributed by atoms with E-state index in [0.717, 1.165) is 34.7 Å². The standard InChI is InChI=1S/C11H15BrN2O/c1-7-10(12)8(2)14(11(15)13-7)6-5-9-3-4-9/h9H,3-6H2,1-2H3. The molecule has 1 aromatic rings. The first kappa shape index (κ1) is 10.9. The molecule has 1 aliphatic rings. The first-order valence-corrected chi connectivity index (χ1v) is 6.12. The van der Waals surface area contributed by atoms with Crippen LogP contribution in [0.1, 0.15) is 30.7 Å². The number of nitrogens with zero attached hydrogens (tertiary/aromatic N) is 2. The summed E-state index contributed by atoms with van der Waals surface area (Å²) in [7, 11) is 0. The number of rotatable bonds is 3. The van der Waals surface area contributed by atoms with Crippen molar-refractivity contribution in [2.24, 2.45) is 5.92 Å². The molecule has 1 fully saturated rings. The fraction of sp³-hybridized carbons (Fsp3) is 0.636. The highest BCUT2D eigenvalue weighted by molar-refractivity contribution is 9.10. The summed E-state index contributed by atoms with van der Waals surface area (Å²) in [6.07, 6.45) is 3.76. The Bertz CT molecular complexity index is 435. The van der Waals surface area contributed by atoms with Crippen molar-refractivity contribution in [2.75, 3.05) is 0 Å². The lowest BCUT2D eigenvalue weighted by molar-refractivity contribution is 0.554. The molecule has 0 bridgehead atoms. The van der Waals surface area contributed by atoms with Crippen LogP contribution in [-0.2, 0) is 6.54 Å². The molecule has 0 unspecified atom stereocenters. The van der Waals surface area contributed by atoms with Crippen molar-refractivity contribution in [3.05, 3.63) is 26.3 Å². The molecule has 15 heavy (non-hydrogen) atoms. The van der Waals surface area contributed by atoms with Crippen LogP contribution in [0.15, 0.2) is 9.27 Å². The monoisotopic (exact) mass is 270 g/mol. The quantitative estimate of drug-likeness (QED) is 0.846. The average molecular weight is 271 g/mol. The average Bonchev–Trinajstić information content (AvgIpc) is 2.98. The van der Waals surface area contributed by atoms with E-state index in [2.05, 4.69) is 20.9 Å². The zero-order valence-corrected chi connectivity index (χ0v) is 10.7. The molecule has 1 aliphatic carbocycles. The molecule has 3 nitrogen and oxygen atoms in total. The second-order valence-corrected chi connectivity index (χ2v) is 5.06. The van der Waals surface area contributed by atoms with E-state index in [0.29, 0.717) is 0 Å². The van der Waals surface area contributed by atoms with Gasteiger partial charge < -0.3 is 0 Å². The van der Waals surface area contributed by atoms with Crippen LogP contribution in [0.4, 0.5) is 0 Å². The molecular formula is C11H15BrN2O. The van der Waals surface area contributed by atoms with Gasteiger partial charge in [0.1, 0.15) is 0 Å². The van der Waals surface area contributed by atoms with E-state index in [9.17, 15) is 4.79 Å². The highest BCUT2D eigenvalue weighted by Crippen LogP contribution is 2.32. The molecule has 0 atom stereocenters. The van der Waals surface area contributed by atoms with Crippen molar-refractivity contribution in [2.45, 2.75) is 39.7 Å². The van der Waals surface area contributed by atoms with E-state index in [4.69, 9.17) is 0 Å². The molecule has 0 radical (unpaired) electrons. The number of hydrogen-bond donors (Lipinski definition) is 0. The highest BCUT2D eigenvalue weighted by Gasteiger charge is 2.21. The van der Waals surface area contributed by atoms with Crippen LogP contribution in [0.3, 0.4) is 0 Å². The number of aryl methyl sites for hydroxylation is 1. The predicted octanol–water partition coefficient (Wildman–Crippen LogP) is 2.42. The molecule has 0 saturated heterocycles. The molecule has 0 aliphatic heterocycles. The molecule has 0 N–H and O–H groups in total. The molecule has 2 rings (SSSR count). The van der Waals surface area contributed by atoms with E-state index in [-0.39, 0.29) is 5.69 Å². The van der Waals surface area contributed by atoms with Gasteiger partial charge in [0, 0.05) is 12.2 Å². The molecule has 82 valence electrons. The van der Waals surface area contributed by atoms with Crippen molar-refractivity contribution in [1.29, 1.82) is 0 Å². The molecule has 0 aromatic carbocycles. The van der Waals surface area contributed by atoms with Gasteiger partial charge in [0.25, 0.3) is 0 Å². The SMILES string of the molecule is Cc1nc(=O)n(CCC2CC2)c(C)c1Br. The van der Waals surface area contributed by atoms with Crippen LogP contribution in [0, 0.1) is 19.8 Å². The van der Waals surface area contributed by atoms with Crippen LogP contribution in [-0.4, -0.2) is 9.55 Å². The van der Waals surface area contributed by atoms with Crippen molar-refractivity contribution in [3.8, 4) is 0 Å². The second-order valence-electron chi connectivity index (χ2n) is 4.26. The summed E-state index contributed by atoms with van der Waals surface area (Å²) in [5.74, 6) is 0.844. The Kier molecular flexibility index (Phi) is 2.96. The Morgan fingerprint density at radius 1 is 1.47 bits per heavy atom. The Morgan fingerprint density at radius 2 is 2.13 bits per heavy atom. The first-order chi connectivity index (χ1) is 7.09. The number of halogens is 1. The van der Waals surface area contributed by atoms with Gasteiger partial charge in [-0.3, -0.25) is 4.57 Å². The Morgan fingerprint density at radius 3 is 2.73 bits per heavy atom. The maximum atomic E-state index is 11.7. The van der Waals surface area contributed by atoms with Gasteiger partial charge in [-0.2, -0.15) is 4.98 Å². The third-order valence-electron chi connectivity index (χ3n) is 2.99. The molecule has 0 amide bonds. The second kappa shape index (κ2) is 4.08. The van der Waals surface area contributed by atoms with Gasteiger partial charge in [0.2, 0.25) is 0 Å². The zero-order valence-electron chi connectivity index (χ0n) is 9.09. The minimum Gasteiger partial charge on any atom is -0.295 e. The fourth-order valence-corrected chi connectivity index (χ4v) is 2.06. The number of aromatic nitrogens is 2. The van der Waals surface area contributed by atoms with Crippen molar-refractivity contribution < 1.29 is 0 Å². The van der Waals surface area contributed by atoms with Gasteiger partial charge in [0.15, 0.2) is 0 Å². The third-order valence-corrected chi connectivity index (χ3v) is 4.14. The molecular weight excluding hydrogens is 256 g/mol. The summed E-state index contributed by atoms with van der Waals surface area (Å²) in [6, 6.07) is 0. The van der Waals surface area contributed by atoms with E-state index in [1.807, 2.05) is 13.8 Å². The number of hydrogen-bond acceptors (Lipinski definition) is 2. The Labute approximate surface area is 97.7 Å². The van der Waals surface area contributed by atoms with Gasteiger partial charge in [-0.25, -0.2) is 4.79 Å². The molecule has 4 heteroatoms. The summed E-state index contributed by atoms with van der Waals surface area (Å²) in [4.78, 5) is 15.7. The van der Waals surface area contributed by atoms with Gasteiger partial charge in [-0.1, -0.05) is 12.8 Å². The minimum absolute atomic E-state index is 0.117. The maximum Gasteiger partial charge on any atom is 0.348 e. The molecule has 1 heterocycles. The van der Waals surface area contributed by atoms with Gasteiger partial charge >= 0.3 is 5.69 Å². The highest BCUT2D eigenvalue weighted by atomic mass is 79.9. The van der Waals surface area contributed by atoms with Crippen LogP contribution >= 0.6 is 15.9 Å². The van der Waals surface area contributed by atoms with E-state index >= 15 is 0 Å². The van der Waals surface area contributed by atoms with Gasteiger partial charge in [-0.15, -0.1) is 0 Å². The molecule has 0 spiro atoms. The van der Waals surface area contributed by atoms with Crippen molar-refractivity contribution in [1.82, 2.24) is 9.55 Å². The Hall–Kier alpha value is -0.640. The van der Waals surface area contributed by atoms with E-state index in [1.54, 1.807) is 4.57 Å². The van der Waals surface area contributed by atoms with Crippen LogP contribution in [0.25, 0.3) is 0 Å². The van der Waals surface area contributed by atoms with Crippen LogP contribution in [0.2, 0.25) is 0 Å². The normalized spacial score (nSPS) is 15.7. The summed E-state index contributed by atoms with van der Waals surface area (Å²) in [6.45, 7) is 4.62. The summed E-state index contributed by atoms with van der Waals surface area (Å²) >= 11 is 3.46. The van der Waals surface area contributed by atoms with Crippen LogP contribution < -0.4 is 5.69 Å². The van der Waals surface area contributed by atoms with E-state index in [1.165, 1.54) is 12.8 Å². The minimum atomic E-state index is -0.117. The largest absolute Gasteiger partial charge is 0.348 e. The first-order valence-electron chi connectivity index (χ1n) is 5.33. The molecule has 1 saturated carbocycles. The molecule has 1 aromatic heterocycles.